The van der Waals surface area contributed by atoms with Crippen LogP contribution >= 0.6 is 0 Å². The highest BCUT2D eigenvalue weighted by molar-refractivity contribution is 5.81. The lowest BCUT2D eigenvalue weighted by molar-refractivity contribution is -0.123. The lowest BCUT2D eigenvalue weighted by Gasteiger charge is -2.25. The Morgan fingerprint density at radius 2 is 2.12 bits per heavy atom. The Morgan fingerprint density at radius 1 is 1.33 bits per heavy atom. The van der Waals surface area contributed by atoms with Crippen molar-refractivity contribution in [2.75, 3.05) is 7.05 Å². The molecule has 0 aliphatic carbocycles. The fourth-order valence-electron chi connectivity index (χ4n) is 2.89. The van der Waals surface area contributed by atoms with E-state index in [1.807, 2.05) is 35.9 Å². The van der Waals surface area contributed by atoms with Crippen molar-refractivity contribution >= 4 is 11.6 Å². The van der Waals surface area contributed by atoms with Crippen LogP contribution in [0.15, 0.2) is 48.8 Å². The van der Waals surface area contributed by atoms with Gasteiger partial charge in [0.25, 0.3) is 0 Å². The molecule has 5 nitrogen and oxygen atoms in total. The number of rotatable bonds is 5. The van der Waals surface area contributed by atoms with Gasteiger partial charge < -0.3 is 10.1 Å². The lowest BCUT2D eigenvalue weighted by atomic mass is 10.0. The Labute approximate surface area is 139 Å². The molecule has 1 aromatic carbocycles. The van der Waals surface area contributed by atoms with Gasteiger partial charge in [-0.2, -0.15) is 0 Å². The summed E-state index contributed by atoms with van der Waals surface area (Å²) in [5, 5.41) is 0. The maximum absolute atomic E-state index is 13.5. The van der Waals surface area contributed by atoms with Crippen LogP contribution in [0.3, 0.4) is 0 Å². The van der Waals surface area contributed by atoms with E-state index in [1.54, 1.807) is 24.1 Å². The molecule has 3 aromatic rings. The molecular weight excluding hydrogens is 307 g/mol. The van der Waals surface area contributed by atoms with E-state index >= 15 is 0 Å². The van der Waals surface area contributed by atoms with Gasteiger partial charge in [0.05, 0.1) is 5.69 Å². The highest BCUT2D eigenvalue weighted by atomic mass is 19.1. The quantitative estimate of drug-likeness (QED) is 0.783. The Kier molecular flexibility index (Phi) is 4.31. The summed E-state index contributed by atoms with van der Waals surface area (Å²) in [7, 11) is 1.77. The summed E-state index contributed by atoms with van der Waals surface area (Å²) >= 11 is 0. The number of carbonyl (C=O) groups excluding carboxylic acids is 1. The maximum Gasteiger partial charge on any atom is 0.239 e. The molecule has 124 valence electrons. The number of aromatic nitrogens is 2. The summed E-state index contributed by atoms with van der Waals surface area (Å²) in [5.41, 5.74) is 8.85. The number of amides is 1. The number of nitrogens with zero attached hydrogens (tertiary/aromatic N) is 3. The fraction of sp³-hybridized carbons (Fsp3) is 0.222. The number of fused-ring (bicyclic) bond motifs is 1. The van der Waals surface area contributed by atoms with Crippen molar-refractivity contribution < 1.29 is 9.18 Å². The molecule has 0 saturated heterocycles. The molecule has 2 N–H and O–H groups in total. The van der Waals surface area contributed by atoms with Gasteiger partial charge in [0, 0.05) is 18.9 Å². The molecule has 0 aliphatic rings. The molecule has 1 amide bonds. The van der Waals surface area contributed by atoms with Gasteiger partial charge >= 0.3 is 0 Å². The van der Waals surface area contributed by atoms with E-state index in [1.165, 1.54) is 12.1 Å². The molecule has 0 fully saturated rings. The summed E-state index contributed by atoms with van der Waals surface area (Å²) in [6.45, 7) is 2.43. The number of likely N-dealkylation sites (N-methyl/N-ethyl adjacent to an activating group) is 1. The molecule has 0 bridgehead atoms. The molecule has 2 aromatic heterocycles. The number of carbonyl (C=O) groups is 1. The van der Waals surface area contributed by atoms with E-state index in [0.717, 1.165) is 16.9 Å². The molecule has 2 heterocycles. The first-order valence-corrected chi connectivity index (χ1v) is 7.63. The van der Waals surface area contributed by atoms with E-state index in [-0.39, 0.29) is 0 Å². The molecule has 0 radical (unpaired) electrons. The van der Waals surface area contributed by atoms with Crippen LogP contribution < -0.4 is 5.73 Å². The predicted octanol–water partition coefficient (Wildman–Crippen LogP) is 2.44. The zero-order valence-electron chi connectivity index (χ0n) is 13.6. The van der Waals surface area contributed by atoms with Crippen LogP contribution in [0.1, 0.15) is 22.9 Å². The van der Waals surface area contributed by atoms with Gasteiger partial charge in [-0.1, -0.05) is 18.2 Å². The van der Waals surface area contributed by atoms with Crippen LogP contribution in [-0.2, 0) is 11.3 Å². The standard InChI is InChI=1S/C18H19FN4O/c1-12-6-7-16-21-15(11-23(16)9-12)10-22(2)17(18(20)24)13-4-3-5-14(19)8-13/h3-9,11,17H,10H2,1-2H3,(H2,20,24)/t17-/m1/s1. The van der Waals surface area contributed by atoms with Crippen LogP contribution in [0.25, 0.3) is 5.65 Å². The maximum atomic E-state index is 13.5. The van der Waals surface area contributed by atoms with Crippen LogP contribution in [0, 0.1) is 12.7 Å². The number of pyridine rings is 1. The van der Waals surface area contributed by atoms with Crippen molar-refractivity contribution in [3.05, 3.63) is 71.4 Å². The largest absolute Gasteiger partial charge is 0.368 e. The third-order valence-corrected chi connectivity index (χ3v) is 3.93. The minimum atomic E-state index is -0.716. The Bertz CT molecular complexity index is 890. The molecule has 24 heavy (non-hydrogen) atoms. The van der Waals surface area contributed by atoms with Crippen molar-refractivity contribution in [2.24, 2.45) is 5.73 Å². The SMILES string of the molecule is Cc1ccc2nc(CN(C)[C@@H](C(N)=O)c3cccc(F)c3)cn2c1. The number of imidazole rings is 1. The Hall–Kier alpha value is -2.73. The summed E-state index contributed by atoms with van der Waals surface area (Å²) in [4.78, 5) is 18.2. The Morgan fingerprint density at radius 3 is 2.83 bits per heavy atom. The average molecular weight is 326 g/mol. The van der Waals surface area contributed by atoms with Crippen LogP contribution in [-0.4, -0.2) is 27.2 Å². The summed E-state index contributed by atoms with van der Waals surface area (Å²) in [5.74, 6) is -0.918. The number of hydrogen-bond acceptors (Lipinski definition) is 3. The molecule has 1 atom stereocenters. The van der Waals surface area contributed by atoms with Gasteiger partial charge in [0.2, 0.25) is 5.91 Å². The van der Waals surface area contributed by atoms with Crippen molar-refractivity contribution in [1.29, 1.82) is 0 Å². The highest BCUT2D eigenvalue weighted by Gasteiger charge is 2.24. The molecular formula is C18H19FN4O. The first kappa shape index (κ1) is 16.1. The third kappa shape index (κ3) is 3.28. The van der Waals surface area contributed by atoms with Crippen molar-refractivity contribution in [1.82, 2.24) is 14.3 Å². The predicted molar refractivity (Wildman–Crippen MR) is 89.7 cm³/mol. The van der Waals surface area contributed by atoms with Crippen molar-refractivity contribution in [2.45, 2.75) is 19.5 Å². The van der Waals surface area contributed by atoms with Gasteiger partial charge in [-0.3, -0.25) is 9.69 Å². The second-order valence-corrected chi connectivity index (χ2v) is 5.98. The number of hydrogen-bond donors (Lipinski definition) is 1. The highest BCUT2D eigenvalue weighted by Crippen LogP contribution is 2.22. The van der Waals surface area contributed by atoms with E-state index < -0.39 is 17.8 Å². The molecule has 3 rings (SSSR count). The van der Waals surface area contributed by atoms with Gasteiger partial charge in [0.15, 0.2) is 0 Å². The summed E-state index contributed by atoms with van der Waals surface area (Å²) in [6, 6.07) is 9.16. The Balaban J connectivity index is 1.87. The number of benzene rings is 1. The van der Waals surface area contributed by atoms with E-state index in [9.17, 15) is 9.18 Å². The number of halogens is 1. The smallest absolute Gasteiger partial charge is 0.239 e. The van der Waals surface area contributed by atoms with Crippen molar-refractivity contribution in [3.8, 4) is 0 Å². The number of nitrogens with two attached hydrogens (primary N) is 1. The minimum absolute atomic E-state index is 0.393. The summed E-state index contributed by atoms with van der Waals surface area (Å²) in [6.07, 6.45) is 3.91. The first-order valence-electron chi connectivity index (χ1n) is 7.63. The zero-order valence-corrected chi connectivity index (χ0v) is 13.6. The molecule has 0 spiro atoms. The fourth-order valence-corrected chi connectivity index (χ4v) is 2.89. The van der Waals surface area contributed by atoms with Gasteiger partial charge in [-0.15, -0.1) is 0 Å². The monoisotopic (exact) mass is 326 g/mol. The van der Waals surface area contributed by atoms with Gasteiger partial charge in [0.1, 0.15) is 17.5 Å². The van der Waals surface area contributed by atoms with Crippen LogP contribution in [0.5, 0.6) is 0 Å². The van der Waals surface area contributed by atoms with Crippen LogP contribution in [0.4, 0.5) is 4.39 Å². The normalized spacial score (nSPS) is 12.7. The molecule has 0 aliphatic heterocycles. The van der Waals surface area contributed by atoms with Gasteiger partial charge in [-0.05, 0) is 43.3 Å². The zero-order chi connectivity index (χ0) is 17.3. The lowest BCUT2D eigenvalue weighted by Crippen LogP contribution is -2.35. The second-order valence-electron chi connectivity index (χ2n) is 5.98. The minimum Gasteiger partial charge on any atom is -0.368 e. The van der Waals surface area contributed by atoms with E-state index in [0.29, 0.717) is 12.1 Å². The van der Waals surface area contributed by atoms with E-state index in [4.69, 9.17) is 5.73 Å². The third-order valence-electron chi connectivity index (χ3n) is 3.93. The average Bonchev–Trinajstić information content (AvgIpc) is 2.88. The number of primary amides is 1. The molecule has 0 saturated carbocycles. The van der Waals surface area contributed by atoms with Crippen molar-refractivity contribution in [3.63, 3.8) is 0 Å². The molecule has 0 unspecified atom stereocenters. The van der Waals surface area contributed by atoms with E-state index in [2.05, 4.69) is 4.98 Å². The molecule has 6 heteroatoms. The first-order chi connectivity index (χ1) is 11.4. The topological polar surface area (TPSA) is 63.6 Å². The summed E-state index contributed by atoms with van der Waals surface area (Å²) < 4.78 is 15.4. The number of aryl methyl sites for hydroxylation is 1. The van der Waals surface area contributed by atoms with Gasteiger partial charge in [-0.25, -0.2) is 9.37 Å². The second kappa shape index (κ2) is 6.41. The van der Waals surface area contributed by atoms with Crippen LogP contribution in [0.2, 0.25) is 0 Å².